The van der Waals surface area contributed by atoms with Crippen LogP contribution in [-0.2, 0) is 4.74 Å². The van der Waals surface area contributed by atoms with Gasteiger partial charge in [0.2, 0.25) is 0 Å². The van der Waals surface area contributed by atoms with E-state index in [0.29, 0.717) is 36.0 Å². The highest BCUT2D eigenvalue weighted by Gasteiger charge is 2.22. The number of carbonyl (C=O) groups excluding carboxylic acids is 1. The van der Waals surface area contributed by atoms with Crippen molar-refractivity contribution >= 4 is 17.4 Å². The zero-order valence-electron chi connectivity index (χ0n) is 16.1. The van der Waals surface area contributed by atoms with Gasteiger partial charge >= 0.3 is 0 Å². The van der Waals surface area contributed by atoms with Gasteiger partial charge in [-0.25, -0.2) is 4.98 Å². The van der Waals surface area contributed by atoms with E-state index in [1.807, 2.05) is 49.4 Å². The molecular formula is C23H21N3O3. The van der Waals surface area contributed by atoms with Gasteiger partial charge in [0.1, 0.15) is 11.6 Å². The van der Waals surface area contributed by atoms with E-state index < -0.39 is 0 Å². The smallest absolute Gasteiger partial charge is 0.259 e. The first-order chi connectivity index (χ1) is 14.2. The minimum absolute atomic E-state index is 0.174. The molecule has 2 aliphatic rings. The van der Waals surface area contributed by atoms with E-state index in [2.05, 4.69) is 21.3 Å². The van der Waals surface area contributed by atoms with Crippen LogP contribution >= 0.6 is 0 Å². The highest BCUT2D eigenvalue weighted by molar-refractivity contribution is 6.08. The number of hydrogen-bond donors (Lipinski definition) is 1. The molecule has 5 rings (SSSR count). The number of pyridine rings is 1. The number of aromatic nitrogens is 1. The normalized spacial score (nSPS) is 15.6. The van der Waals surface area contributed by atoms with Crippen LogP contribution in [0.1, 0.15) is 15.9 Å². The van der Waals surface area contributed by atoms with Crippen LogP contribution in [-0.4, -0.2) is 37.2 Å². The number of hydrogen-bond acceptors (Lipinski definition) is 5. The fourth-order valence-electron chi connectivity index (χ4n) is 3.66. The standard InChI is InChI=1S/C23H21N3O3/c1-15-2-4-19-21(12-15)29-20-5-3-16(13-18(20)23(27)25-19)17-6-7-24-22(14-17)26-8-10-28-11-9-26/h2-7,12-14H,8-11H2,1H3,(H,25,27). The summed E-state index contributed by atoms with van der Waals surface area (Å²) in [5, 5.41) is 2.95. The number of nitrogens with one attached hydrogen (secondary N) is 1. The molecule has 0 aliphatic carbocycles. The lowest BCUT2D eigenvalue weighted by molar-refractivity contribution is 0.102. The third-order valence-corrected chi connectivity index (χ3v) is 5.24. The Balaban J connectivity index is 1.50. The van der Waals surface area contributed by atoms with Crippen molar-refractivity contribution < 1.29 is 14.3 Å². The quantitative estimate of drug-likeness (QED) is 0.712. The Morgan fingerprint density at radius 1 is 0.966 bits per heavy atom. The molecule has 0 atom stereocenters. The second-order valence-electron chi connectivity index (χ2n) is 7.27. The van der Waals surface area contributed by atoms with Crippen molar-refractivity contribution in [3.05, 3.63) is 65.9 Å². The van der Waals surface area contributed by atoms with Crippen LogP contribution in [0.4, 0.5) is 11.5 Å². The number of carbonyl (C=O) groups is 1. The summed E-state index contributed by atoms with van der Waals surface area (Å²) < 4.78 is 11.5. The molecule has 6 nitrogen and oxygen atoms in total. The Hall–Kier alpha value is -3.38. The number of aryl methyl sites for hydroxylation is 1. The third kappa shape index (κ3) is 3.43. The zero-order chi connectivity index (χ0) is 19.8. The van der Waals surface area contributed by atoms with Crippen molar-refractivity contribution in [3.8, 4) is 22.6 Å². The third-order valence-electron chi connectivity index (χ3n) is 5.24. The molecule has 0 saturated carbocycles. The van der Waals surface area contributed by atoms with Crippen LogP contribution in [0.15, 0.2) is 54.7 Å². The maximum atomic E-state index is 12.8. The van der Waals surface area contributed by atoms with E-state index in [9.17, 15) is 4.79 Å². The summed E-state index contributed by atoms with van der Waals surface area (Å²) in [5.41, 5.74) is 4.22. The molecule has 0 bridgehead atoms. The summed E-state index contributed by atoms with van der Waals surface area (Å²) in [6, 6.07) is 15.5. The summed E-state index contributed by atoms with van der Waals surface area (Å²) >= 11 is 0. The summed E-state index contributed by atoms with van der Waals surface area (Å²) in [5.74, 6) is 1.96. The number of nitrogens with zero attached hydrogens (tertiary/aromatic N) is 2. The van der Waals surface area contributed by atoms with Crippen molar-refractivity contribution in [2.24, 2.45) is 0 Å². The summed E-state index contributed by atoms with van der Waals surface area (Å²) in [6.07, 6.45) is 1.81. The Bertz CT molecular complexity index is 1090. The highest BCUT2D eigenvalue weighted by atomic mass is 16.5. The summed E-state index contributed by atoms with van der Waals surface area (Å²) in [4.78, 5) is 19.5. The molecule has 0 unspecified atom stereocenters. The van der Waals surface area contributed by atoms with Crippen molar-refractivity contribution in [2.75, 3.05) is 36.5 Å². The predicted octanol–water partition coefficient (Wildman–Crippen LogP) is 4.25. The Labute approximate surface area is 169 Å². The molecule has 0 radical (unpaired) electrons. The lowest BCUT2D eigenvalue weighted by atomic mass is 10.0. The van der Waals surface area contributed by atoms with Gasteiger partial charge in [0, 0.05) is 19.3 Å². The predicted molar refractivity (Wildman–Crippen MR) is 112 cm³/mol. The van der Waals surface area contributed by atoms with Gasteiger partial charge in [0.25, 0.3) is 5.91 Å². The highest BCUT2D eigenvalue weighted by Crippen LogP contribution is 2.38. The van der Waals surface area contributed by atoms with Gasteiger partial charge in [-0.05, 0) is 60.0 Å². The first-order valence-electron chi connectivity index (χ1n) is 9.70. The number of anilines is 2. The summed E-state index contributed by atoms with van der Waals surface area (Å²) in [7, 11) is 0. The fourth-order valence-corrected chi connectivity index (χ4v) is 3.66. The number of morpholine rings is 1. The SMILES string of the molecule is Cc1ccc2c(c1)Oc1ccc(-c3ccnc(N4CCOCC4)c3)cc1C(=O)N2. The topological polar surface area (TPSA) is 63.7 Å². The van der Waals surface area contributed by atoms with Crippen molar-refractivity contribution in [1.82, 2.24) is 4.98 Å². The molecular weight excluding hydrogens is 366 g/mol. The van der Waals surface area contributed by atoms with Crippen molar-refractivity contribution in [1.29, 1.82) is 0 Å². The number of amides is 1. The maximum absolute atomic E-state index is 12.8. The maximum Gasteiger partial charge on any atom is 0.259 e. The van der Waals surface area contributed by atoms with Crippen LogP contribution in [0, 0.1) is 6.92 Å². The van der Waals surface area contributed by atoms with Gasteiger partial charge in [0.15, 0.2) is 5.75 Å². The fraction of sp³-hybridized carbons (Fsp3) is 0.217. The molecule has 6 heteroatoms. The molecule has 1 fully saturated rings. The van der Waals surface area contributed by atoms with E-state index in [4.69, 9.17) is 9.47 Å². The van der Waals surface area contributed by atoms with Crippen LogP contribution in [0.25, 0.3) is 11.1 Å². The molecule has 1 saturated heterocycles. The van der Waals surface area contributed by atoms with Gasteiger partial charge in [-0.2, -0.15) is 0 Å². The number of rotatable bonds is 2. The van der Waals surface area contributed by atoms with E-state index in [-0.39, 0.29) is 5.91 Å². The average Bonchev–Trinajstić information content (AvgIpc) is 2.89. The van der Waals surface area contributed by atoms with Gasteiger partial charge in [0.05, 0.1) is 24.5 Å². The Morgan fingerprint density at radius 2 is 1.79 bits per heavy atom. The summed E-state index contributed by atoms with van der Waals surface area (Å²) in [6.45, 7) is 5.07. The molecule has 1 aromatic heterocycles. The largest absolute Gasteiger partial charge is 0.454 e. The molecule has 3 aromatic rings. The minimum Gasteiger partial charge on any atom is -0.454 e. The Morgan fingerprint density at radius 3 is 2.66 bits per heavy atom. The Kier molecular flexibility index (Phi) is 4.41. The number of ether oxygens (including phenoxy) is 2. The van der Waals surface area contributed by atoms with Gasteiger partial charge < -0.3 is 19.7 Å². The van der Waals surface area contributed by atoms with Crippen LogP contribution in [0.3, 0.4) is 0 Å². The van der Waals surface area contributed by atoms with E-state index in [1.54, 1.807) is 6.20 Å². The molecule has 29 heavy (non-hydrogen) atoms. The first kappa shape index (κ1) is 17.7. The molecule has 146 valence electrons. The molecule has 0 spiro atoms. The van der Waals surface area contributed by atoms with Crippen LogP contribution < -0.4 is 15.0 Å². The molecule has 3 heterocycles. The minimum atomic E-state index is -0.174. The van der Waals surface area contributed by atoms with Gasteiger partial charge in [-0.15, -0.1) is 0 Å². The van der Waals surface area contributed by atoms with Gasteiger partial charge in [-0.3, -0.25) is 4.79 Å². The lowest BCUT2D eigenvalue weighted by Gasteiger charge is -2.28. The van der Waals surface area contributed by atoms with Crippen molar-refractivity contribution in [2.45, 2.75) is 6.92 Å². The van der Waals surface area contributed by atoms with Crippen molar-refractivity contribution in [3.63, 3.8) is 0 Å². The molecule has 1 amide bonds. The molecule has 2 aromatic carbocycles. The van der Waals surface area contributed by atoms with E-state index >= 15 is 0 Å². The van der Waals surface area contributed by atoms with Crippen LogP contribution in [0.5, 0.6) is 11.5 Å². The zero-order valence-corrected chi connectivity index (χ0v) is 16.1. The molecule has 2 aliphatic heterocycles. The monoisotopic (exact) mass is 387 g/mol. The molecule has 1 N–H and O–H groups in total. The number of fused-ring (bicyclic) bond motifs is 2. The lowest BCUT2D eigenvalue weighted by Crippen LogP contribution is -2.36. The number of benzene rings is 2. The second-order valence-corrected chi connectivity index (χ2v) is 7.27. The van der Waals surface area contributed by atoms with E-state index in [1.165, 1.54) is 0 Å². The first-order valence-corrected chi connectivity index (χ1v) is 9.70. The second kappa shape index (κ2) is 7.22. The van der Waals surface area contributed by atoms with Gasteiger partial charge in [-0.1, -0.05) is 12.1 Å². The van der Waals surface area contributed by atoms with Crippen LogP contribution in [0.2, 0.25) is 0 Å². The average molecular weight is 387 g/mol. The van der Waals surface area contributed by atoms with E-state index in [0.717, 1.165) is 35.6 Å².